The summed E-state index contributed by atoms with van der Waals surface area (Å²) in [5.41, 5.74) is 1.85. The van der Waals surface area contributed by atoms with Crippen molar-refractivity contribution in [2.45, 2.75) is 25.5 Å². The third-order valence-corrected chi connectivity index (χ3v) is 3.55. The fourth-order valence-electron chi connectivity index (χ4n) is 1.47. The summed E-state index contributed by atoms with van der Waals surface area (Å²) in [6.07, 6.45) is 2.42. The predicted molar refractivity (Wildman–Crippen MR) is 73.7 cm³/mol. The summed E-state index contributed by atoms with van der Waals surface area (Å²) in [6.45, 7) is 2.17. The van der Waals surface area contributed by atoms with Crippen molar-refractivity contribution in [1.29, 1.82) is 0 Å². The number of rotatable bonds is 7. The van der Waals surface area contributed by atoms with E-state index < -0.39 is 0 Å². The molecule has 0 saturated carbocycles. The van der Waals surface area contributed by atoms with Gasteiger partial charge < -0.3 is 5.32 Å². The van der Waals surface area contributed by atoms with Crippen LogP contribution in [0.4, 0.5) is 11.4 Å². The lowest BCUT2D eigenvalue weighted by Crippen LogP contribution is -1.97. The molecule has 1 aromatic carbocycles. The van der Waals surface area contributed by atoms with E-state index >= 15 is 0 Å². The number of nitrogens with one attached hydrogen (secondary N) is 1. The van der Waals surface area contributed by atoms with Gasteiger partial charge in [-0.3, -0.25) is 10.1 Å². The Morgan fingerprint density at radius 1 is 1.47 bits per heavy atom. The Hall–Kier alpha value is -1.23. The molecule has 1 N–H and O–H groups in total. The molecule has 0 aromatic heterocycles. The minimum atomic E-state index is -0.361. The minimum Gasteiger partial charge on any atom is -0.383 e. The standard InChI is InChI=1S/C12H18N2O2S/c1-3-4-7-17-9-10-5-6-12(14(15)16)11(8-10)13-2/h5-6,8,13H,3-4,7,9H2,1-2H3. The number of thioether (sulfide) groups is 1. The average Bonchev–Trinajstić information content (AvgIpc) is 2.34. The molecule has 0 aliphatic heterocycles. The van der Waals surface area contributed by atoms with Crippen molar-refractivity contribution < 1.29 is 4.92 Å². The molecule has 0 amide bonds. The maximum atomic E-state index is 10.8. The molecule has 0 fully saturated rings. The second-order valence-electron chi connectivity index (χ2n) is 3.76. The van der Waals surface area contributed by atoms with Gasteiger partial charge in [0.1, 0.15) is 5.69 Å². The molecule has 0 bridgehead atoms. The molecule has 17 heavy (non-hydrogen) atoms. The highest BCUT2D eigenvalue weighted by molar-refractivity contribution is 7.98. The van der Waals surface area contributed by atoms with Gasteiger partial charge in [0.15, 0.2) is 0 Å². The molecule has 94 valence electrons. The fourth-order valence-corrected chi connectivity index (χ4v) is 2.52. The summed E-state index contributed by atoms with van der Waals surface area (Å²) >= 11 is 1.87. The van der Waals surface area contributed by atoms with Crippen molar-refractivity contribution in [3.8, 4) is 0 Å². The summed E-state index contributed by atoms with van der Waals surface area (Å²) in [7, 11) is 1.70. The number of anilines is 1. The van der Waals surface area contributed by atoms with Gasteiger partial charge in [0, 0.05) is 18.9 Å². The molecule has 0 aliphatic carbocycles. The largest absolute Gasteiger partial charge is 0.383 e. The average molecular weight is 254 g/mol. The van der Waals surface area contributed by atoms with Gasteiger partial charge in [-0.2, -0.15) is 11.8 Å². The Balaban J connectivity index is 2.66. The summed E-state index contributed by atoms with van der Waals surface area (Å²) in [5, 5.41) is 13.6. The van der Waals surface area contributed by atoms with Crippen LogP contribution in [-0.2, 0) is 5.75 Å². The van der Waals surface area contributed by atoms with E-state index in [-0.39, 0.29) is 10.6 Å². The number of nitro groups is 1. The first-order chi connectivity index (χ1) is 8.19. The molecule has 0 saturated heterocycles. The van der Waals surface area contributed by atoms with Crippen LogP contribution < -0.4 is 5.32 Å². The van der Waals surface area contributed by atoms with Crippen LogP contribution >= 0.6 is 11.8 Å². The van der Waals surface area contributed by atoms with Gasteiger partial charge in [-0.05, 0) is 23.8 Å². The first kappa shape index (κ1) is 13.8. The third-order valence-electron chi connectivity index (χ3n) is 2.44. The molecule has 0 atom stereocenters. The van der Waals surface area contributed by atoms with Gasteiger partial charge in [0.2, 0.25) is 0 Å². The van der Waals surface area contributed by atoms with Crippen LogP contribution in [0, 0.1) is 10.1 Å². The highest BCUT2D eigenvalue weighted by atomic mass is 32.2. The van der Waals surface area contributed by atoms with Crippen molar-refractivity contribution in [3.05, 3.63) is 33.9 Å². The fraction of sp³-hybridized carbons (Fsp3) is 0.500. The molecular formula is C12H18N2O2S. The van der Waals surface area contributed by atoms with Crippen molar-refractivity contribution in [2.75, 3.05) is 18.1 Å². The summed E-state index contributed by atoms with van der Waals surface area (Å²) in [4.78, 5) is 10.4. The quantitative estimate of drug-likeness (QED) is 0.458. The highest BCUT2D eigenvalue weighted by Gasteiger charge is 2.12. The molecule has 0 unspecified atom stereocenters. The number of hydrogen-bond donors (Lipinski definition) is 1. The molecule has 0 radical (unpaired) electrons. The predicted octanol–water partition coefficient (Wildman–Crippen LogP) is 3.67. The zero-order valence-corrected chi connectivity index (χ0v) is 11.0. The molecule has 0 spiro atoms. The molecule has 0 heterocycles. The molecule has 1 aromatic rings. The van der Waals surface area contributed by atoms with Crippen molar-refractivity contribution in [1.82, 2.24) is 0 Å². The van der Waals surface area contributed by atoms with Crippen LogP contribution in [0.2, 0.25) is 0 Å². The maximum absolute atomic E-state index is 10.8. The van der Waals surface area contributed by atoms with E-state index in [9.17, 15) is 10.1 Å². The summed E-state index contributed by atoms with van der Waals surface area (Å²) in [6, 6.07) is 5.26. The van der Waals surface area contributed by atoms with Gasteiger partial charge in [0.05, 0.1) is 4.92 Å². The van der Waals surface area contributed by atoms with Crippen molar-refractivity contribution in [2.24, 2.45) is 0 Å². The van der Waals surface area contributed by atoms with E-state index in [4.69, 9.17) is 0 Å². The monoisotopic (exact) mass is 254 g/mol. The number of unbranched alkanes of at least 4 members (excludes halogenated alkanes) is 1. The second kappa shape index (κ2) is 7.17. The highest BCUT2D eigenvalue weighted by Crippen LogP contribution is 2.26. The first-order valence-electron chi connectivity index (χ1n) is 5.71. The lowest BCUT2D eigenvalue weighted by Gasteiger charge is -2.05. The van der Waals surface area contributed by atoms with Crippen molar-refractivity contribution in [3.63, 3.8) is 0 Å². The molecule has 0 aliphatic rings. The number of nitro benzene ring substituents is 1. The van der Waals surface area contributed by atoms with E-state index in [1.165, 1.54) is 12.8 Å². The van der Waals surface area contributed by atoms with Gasteiger partial charge in [0.25, 0.3) is 5.69 Å². The Labute approximate surface area is 106 Å². The van der Waals surface area contributed by atoms with E-state index in [1.54, 1.807) is 13.1 Å². The summed E-state index contributed by atoms with van der Waals surface area (Å²) < 4.78 is 0. The zero-order chi connectivity index (χ0) is 12.7. The van der Waals surface area contributed by atoms with Crippen molar-refractivity contribution >= 4 is 23.1 Å². The van der Waals surface area contributed by atoms with Crippen LogP contribution in [0.1, 0.15) is 25.3 Å². The Morgan fingerprint density at radius 2 is 2.24 bits per heavy atom. The first-order valence-corrected chi connectivity index (χ1v) is 6.87. The number of nitrogens with zero attached hydrogens (tertiary/aromatic N) is 1. The zero-order valence-electron chi connectivity index (χ0n) is 10.2. The van der Waals surface area contributed by atoms with Crippen LogP contribution in [0.5, 0.6) is 0 Å². The Kier molecular flexibility index (Phi) is 5.83. The van der Waals surface area contributed by atoms with E-state index in [0.29, 0.717) is 5.69 Å². The van der Waals surface area contributed by atoms with Crippen LogP contribution in [0.25, 0.3) is 0 Å². The Morgan fingerprint density at radius 3 is 2.82 bits per heavy atom. The number of benzene rings is 1. The lowest BCUT2D eigenvalue weighted by atomic mass is 10.2. The van der Waals surface area contributed by atoms with Gasteiger partial charge in [-0.15, -0.1) is 0 Å². The lowest BCUT2D eigenvalue weighted by molar-refractivity contribution is -0.383. The molecule has 5 heteroatoms. The smallest absolute Gasteiger partial charge is 0.292 e. The van der Waals surface area contributed by atoms with Crippen LogP contribution in [0.15, 0.2) is 18.2 Å². The Bertz CT molecular complexity index is 383. The maximum Gasteiger partial charge on any atom is 0.292 e. The van der Waals surface area contributed by atoms with Crippen LogP contribution in [-0.4, -0.2) is 17.7 Å². The second-order valence-corrected chi connectivity index (χ2v) is 4.87. The van der Waals surface area contributed by atoms with Gasteiger partial charge in [-0.25, -0.2) is 0 Å². The van der Waals surface area contributed by atoms with E-state index in [2.05, 4.69) is 12.2 Å². The number of hydrogen-bond acceptors (Lipinski definition) is 4. The van der Waals surface area contributed by atoms with E-state index in [1.807, 2.05) is 23.9 Å². The van der Waals surface area contributed by atoms with E-state index in [0.717, 1.165) is 17.1 Å². The van der Waals surface area contributed by atoms with Crippen LogP contribution in [0.3, 0.4) is 0 Å². The summed E-state index contributed by atoms with van der Waals surface area (Å²) in [5.74, 6) is 2.05. The topological polar surface area (TPSA) is 55.2 Å². The normalized spacial score (nSPS) is 10.2. The molecule has 1 rings (SSSR count). The van der Waals surface area contributed by atoms with Gasteiger partial charge >= 0.3 is 0 Å². The SMILES string of the molecule is CCCCSCc1ccc([N+](=O)[O-])c(NC)c1. The third kappa shape index (κ3) is 4.26. The van der Waals surface area contributed by atoms with Gasteiger partial charge in [-0.1, -0.05) is 19.4 Å². The minimum absolute atomic E-state index is 0.134. The molecular weight excluding hydrogens is 236 g/mol. The molecule has 4 nitrogen and oxygen atoms in total.